The Balaban J connectivity index is 1.32. The molecule has 1 fully saturated rings. The van der Waals surface area contributed by atoms with Crippen LogP contribution in [0.25, 0.3) is 0 Å². The number of amides is 1. The lowest BCUT2D eigenvalue weighted by atomic mass is 9.94. The molecule has 2 aromatic rings. The van der Waals surface area contributed by atoms with Gasteiger partial charge in [0.25, 0.3) is 0 Å². The summed E-state index contributed by atoms with van der Waals surface area (Å²) in [6.07, 6.45) is 6.83. The minimum Gasteiger partial charge on any atom is -0.444 e. The van der Waals surface area contributed by atoms with Crippen molar-refractivity contribution in [2.24, 2.45) is 0 Å². The number of fused-ring (bicyclic) bond motifs is 1. The van der Waals surface area contributed by atoms with Gasteiger partial charge in [-0.05, 0) is 50.8 Å². The minimum atomic E-state index is -0.437. The molecule has 1 saturated heterocycles. The van der Waals surface area contributed by atoms with Crippen molar-refractivity contribution in [3.63, 3.8) is 0 Å². The smallest absolute Gasteiger partial charge is 0.413 e. The van der Waals surface area contributed by atoms with Gasteiger partial charge in [-0.25, -0.2) is 9.78 Å². The third-order valence-corrected chi connectivity index (χ3v) is 6.28. The number of carbonyl (C=O) groups excluding carboxylic acids is 1. The first-order chi connectivity index (χ1) is 12.8. The Morgan fingerprint density at radius 1 is 1.23 bits per heavy atom. The minimum absolute atomic E-state index is 0.273. The molecule has 5 nitrogen and oxygen atoms in total. The van der Waals surface area contributed by atoms with Gasteiger partial charge in [-0.1, -0.05) is 36.8 Å². The Kier molecular flexibility index (Phi) is 5.51. The summed E-state index contributed by atoms with van der Waals surface area (Å²) in [5.74, 6) is 0. The molecule has 0 saturated carbocycles. The Morgan fingerprint density at radius 2 is 2.04 bits per heavy atom. The summed E-state index contributed by atoms with van der Waals surface area (Å²) < 4.78 is 5.29. The number of anilines is 1. The second-order valence-electron chi connectivity index (χ2n) is 7.07. The number of piperidine rings is 1. The van der Waals surface area contributed by atoms with Crippen molar-refractivity contribution in [3.8, 4) is 0 Å². The van der Waals surface area contributed by atoms with E-state index in [-0.39, 0.29) is 6.61 Å². The van der Waals surface area contributed by atoms with Crippen LogP contribution in [0.3, 0.4) is 0 Å². The first kappa shape index (κ1) is 17.5. The summed E-state index contributed by atoms with van der Waals surface area (Å²) in [6.45, 7) is 2.74. The number of ether oxygens (including phenoxy) is 1. The Labute approximate surface area is 158 Å². The van der Waals surface area contributed by atoms with Crippen molar-refractivity contribution in [2.75, 3.05) is 18.4 Å². The number of benzene rings is 1. The fraction of sp³-hybridized carbons (Fsp3) is 0.500. The van der Waals surface area contributed by atoms with Gasteiger partial charge in [-0.2, -0.15) is 0 Å². The molecule has 1 atom stereocenters. The van der Waals surface area contributed by atoms with Gasteiger partial charge in [0.05, 0.1) is 5.69 Å². The molecule has 0 radical (unpaired) electrons. The number of aryl methyl sites for hydroxylation is 1. The van der Waals surface area contributed by atoms with E-state index >= 15 is 0 Å². The standard InChI is InChI=1S/C20H25N3O2S/c24-20(25-14-15-7-3-1-4-8-15)22-19-21-17-10-9-16(13-18(17)26-19)23-11-5-2-6-12-23/h1,3-4,7-8,16H,2,5-6,9-14H2,(H,21,22,24)/t16-/m0/s1. The van der Waals surface area contributed by atoms with Gasteiger partial charge >= 0.3 is 6.09 Å². The van der Waals surface area contributed by atoms with Crippen LogP contribution in [-0.4, -0.2) is 35.1 Å². The molecule has 2 heterocycles. The highest BCUT2D eigenvalue weighted by molar-refractivity contribution is 7.15. The third kappa shape index (κ3) is 4.24. The summed E-state index contributed by atoms with van der Waals surface area (Å²) in [6, 6.07) is 10.3. The highest BCUT2D eigenvalue weighted by Crippen LogP contribution is 2.32. The lowest BCUT2D eigenvalue weighted by Crippen LogP contribution is -2.42. The molecule has 0 spiro atoms. The molecule has 0 unspecified atom stereocenters. The lowest BCUT2D eigenvalue weighted by molar-refractivity contribution is 0.150. The number of hydrogen-bond donors (Lipinski definition) is 1. The van der Waals surface area contributed by atoms with Crippen molar-refractivity contribution in [2.45, 2.75) is 51.2 Å². The van der Waals surface area contributed by atoms with Crippen LogP contribution in [0.1, 0.15) is 41.8 Å². The van der Waals surface area contributed by atoms with E-state index in [2.05, 4.69) is 15.2 Å². The number of likely N-dealkylation sites (tertiary alicyclic amines) is 1. The summed E-state index contributed by atoms with van der Waals surface area (Å²) in [5.41, 5.74) is 2.13. The number of nitrogens with zero attached hydrogens (tertiary/aromatic N) is 2. The molecule has 2 aliphatic rings. The maximum Gasteiger partial charge on any atom is 0.413 e. The maximum absolute atomic E-state index is 12.0. The van der Waals surface area contributed by atoms with E-state index in [4.69, 9.17) is 4.74 Å². The average molecular weight is 372 g/mol. The van der Waals surface area contributed by atoms with Gasteiger partial charge in [0.15, 0.2) is 5.13 Å². The zero-order valence-corrected chi connectivity index (χ0v) is 15.8. The topological polar surface area (TPSA) is 54.5 Å². The highest BCUT2D eigenvalue weighted by atomic mass is 32.1. The predicted molar refractivity (Wildman–Crippen MR) is 104 cm³/mol. The van der Waals surface area contributed by atoms with Crippen LogP contribution in [0, 0.1) is 0 Å². The zero-order chi connectivity index (χ0) is 17.8. The number of rotatable bonds is 4. The van der Waals surface area contributed by atoms with Crippen molar-refractivity contribution < 1.29 is 9.53 Å². The largest absolute Gasteiger partial charge is 0.444 e. The van der Waals surface area contributed by atoms with Crippen LogP contribution in [0.5, 0.6) is 0 Å². The molecule has 1 aliphatic heterocycles. The van der Waals surface area contributed by atoms with Crippen molar-refractivity contribution in [1.82, 2.24) is 9.88 Å². The van der Waals surface area contributed by atoms with Crippen LogP contribution in [0.2, 0.25) is 0 Å². The fourth-order valence-electron chi connectivity index (χ4n) is 3.85. The van der Waals surface area contributed by atoms with E-state index in [0.29, 0.717) is 11.2 Å². The molecule has 6 heteroatoms. The number of hydrogen-bond acceptors (Lipinski definition) is 5. The third-order valence-electron chi connectivity index (χ3n) is 5.24. The van der Waals surface area contributed by atoms with Crippen LogP contribution >= 0.6 is 11.3 Å². The van der Waals surface area contributed by atoms with Gasteiger partial charge in [0.1, 0.15) is 6.61 Å². The molecule has 0 bridgehead atoms. The van der Waals surface area contributed by atoms with Crippen LogP contribution < -0.4 is 5.32 Å². The van der Waals surface area contributed by atoms with Crippen molar-refractivity contribution in [3.05, 3.63) is 46.5 Å². The van der Waals surface area contributed by atoms with Crippen molar-refractivity contribution >= 4 is 22.6 Å². The monoisotopic (exact) mass is 371 g/mol. The van der Waals surface area contributed by atoms with E-state index in [9.17, 15) is 4.79 Å². The first-order valence-corrected chi connectivity index (χ1v) is 10.3. The molecule has 26 heavy (non-hydrogen) atoms. The van der Waals surface area contributed by atoms with E-state index in [0.717, 1.165) is 24.1 Å². The summed E-state index contributed by atoms with van der Waals surface area (Å²) in [7, 11) is 0. The Morgan fingerprint density at radius 3 is 2.85 bits per heavy atom. The van der Waals surface area contributed by atoms with Gasteiger partial charge in [-0.3, -0.25) is 5.32 Å². The van der Waals surface area contributed by atoms with Crippen LogP contribution in [-0.2, 0) is 24.2 Å². The van der Waals surface area contributed by atoms with Gasteiger partial charge in [0, 0.05) is 10.9 Å². The maximum atomic E-state index is 12.0. The number of thiazole rings is 1. The molecule has 1 aromatic carbocycles. The molecule has 138 valence electrons. The van der Waals surface area contributed by atoms with Crippen molar-refractivity contribution in [1.29, 1.82) is 0 Å². The van der Waals surface area contributed by atoms with E-state index in [1.807, 2.05) is 30.3 Å². The Hall–Kier alpha value is -1.92. The lowest BCUT2D eigenvalue weighted by Gasteiger charge is -2.36. The van der Waals surface area contributed by atoms with E-state index < -0.39 is 6.09 Å². The predicted octanol–water partition coefficient (Wildman–Crippen LogP) is 4.24. The number of aromatic nitrogens is 1. The summed E-state index contributed by atoms with van der Waals surface area (Å²) >= 11 is 1.60. The molecule has 1 aliphatic carbocycles. The number of nitrogens with one attached hydrogen (secondary N) is 1. The Bertz CT molecular complexity index is 741. The summed E-state index contributed by atoms with van der Waals surface area (Å²) in [4.78, 5) is 20.6. The molecular weight excluding hydrogens is 346 g/mol. The zero-order valence-electron chi connectivity index (χ0n) is 14.9. The van der Waals surface area contributed by atoms with Gasteiger partial charge in [-0.15, -0.1) is 11.3 Å². The number of carbonyl (C=O) groups is 1. The van der Waals surface area contributed by atoms with Gasteiger partial charge < -0.3 is 9.64 Å². The fourth-order valence-corrected chi connectivity index (χ4v) is 4.92. The second kappa shape index (κ2) is 8.18. The molecule has 1 N–H and O–H groups in total. The SMILES string of the molecule is O=C(Nc1nc2c(s1)C[C@@H](N1CCCCC1)CC2)OCc1ccccc1. The van der Waals surface area contributed by atoms with Crippen LogP contribution in [0.4, 0.5) is 9.93 Å². The van der Waals surface area contributed by atoms with E-state index in [1.165, 1.54) is 43.6 Å². The molecule has 1 aromatic heterocycles. The second-order valence-corrected chi connectivity index (χ2v) is 8.15. The van der Waals surface area contributed by atoms with Crippen LogP contribution in [0.15, 0.2) is 30.3 Å². The quantitative estimate of drug-likeness (QED) is 0.874. The van der Waals surface area contributed by atoms with E-state index in [1.54, 1.807) is 11.3 Å². The molecule has 4 rings (SSSR count). The highest BCUT2D eigenvalue weighted by Gasteiger charge is 2.28. The molecular formula is C20H25N3O2S. The first-order valence-electron chi connectivity index (χ1n) is 9.48. The average Bonchev–Trinajstić information content (AvgIpc) is 3.09. The summed E-state index contributed by atoms with van der Waals surface area (Å²) in [5, 5.41) is 3.46. The normalized spacial score (nSPS) is 20.4. The molecule has 1 amide bonds. The van der Waals surface area contributed by atoms with Gasteiger partial charge in [0.2, 0.25) is 0 Å².